The normalized spacial score (nSPS) is 14.2. The van der Waals surface area contributed by atoms with E-state index in [1.807, 2.05) is 0 Å². The third kappa shape index (κ3) is 4.20. The van der Waals surface area contributed by atoms with Crippen molar-refractivity contribution in [2.45, 2.75) is 19.0 Å². The Balaban J connectivity index is 2.35. The molecular formula is C16H16F3N3O2S. The lowest BCUT2D eigenvalue weighted by Crippen LogP contribution is -2.42. The van der Waals surface area contributed by atoms with E-state index in [0.29, 0.717) is 5.56 Å². The van der Waals surface area contributed by atoms with Gasteiger partial charge in [-0.3, -0.25) is 4.79 Å². The van der Waals surface area contributed by atoms with E-state index in [1.165, 1.54) is 0 Å². The zero-order valence-corrected chi connectivity index (χ0v) is 14.5. The highest BCUT2D eigenvalue weighted by Gasteiger charge is 2.42. The summed E-state index contributed by atoms with van der Waals surface area (Å²) in [5, 5.41) is 0.144. The number of halogens is 3. The Bertz CT molecular complexity index is 741. The largest absolute Gasteiger partial charge is 0.471 e. The number of carbonyl (C=O) groups excluding carboxylic acids is 1. The third-order valence-electron chi connectivity index (χ3n) is 3.82. The average molecular weight is 371 g/mol. The number of benzene rings is 1. The van der Waals surface area contributed by atoms with Crippen LogP contribution < -0.4 is 4.74 Å². The molecule has 2 rings (SSSR count). The van der Waals surface area contributed by atoms with Crippen molar-refractivity contribution in [1.29, 1.82) is 0 Å². The van der Waals surface area contributed by atoms with Gasteiger partial charge in [-0.15, -0.1) is 0 Å². The second-order valence-corrected chi connectivity index (χ2v) is 6.06. The molecule has 0 N–H and O–H groups in total. The minimum absolute atomic E-state index is 0.0414. The van der Waals surface area contributed by atoms with Crippen LogP contribution in [0.5, 0.6) is 5.75 Å². The van der Waals surface area contributed by atoms with Gasteiger partial charge in [-0.1, -0.05) is 12.1 Å². The molecule has 0 aromatic heterocycles. The summed E-state index contributed by atoms with van der Waals surface area (Å²) in [4.78, 5) is 17.2. The molecule has 0 saturated heterocycles. The zero-order valence-electron chi connectivity index (χ0n) is 13.7. The lowest BCUT2D eigenvalue weighted by atomic mass is 10.0. The van der Waals surface area contributed by atoms with E-state index < -0.39 is 12.1 Å². The topological polar surface area (TPSA) is 37.1 Å². The maximum atomic E-state index is 12.7. The maximum absolute atomic E-state index is 12.7. The quantitative estimate of drug-likeness (QED) is 0.562. The number of carbonyl (C=O) groups is 1. The smallest absolute Gasteiger partial charge is 0.443 e. The predicted molar refractivity (Wildman–Crippen MR) is 89.7 cm³/mol. The van der Waals surface area contributed by atoms with Gasteiger partial charge in [-0.25, -0.2) is 4.85 Å². The van der Waals surface area contributed by atoms with Gasteiger partial charge < -0.3 is 14.5 Å². The van der Waals surface area contributed by atoms with Crippen molar-refractivity contribution in [2.75, 3.05) is 27.2 Å². The van der Waals surface area contributed by atoms with Crippen molar-refractivity contribution in [3.63, 3.8) is 0 Å². The van der Waals surface area contributed by atoms with Gasteiger partial charge in [0.05, 0.1) is 6.57 Å². The van der Waals surface area contributed by atoms with Crippen LogP contribution in [0.2, 0.25) is 0 Å². The van der Waals surface area contributed by atoms with E-state index in [9.17, 15) is 18.0 Å². The van der Waals surface area contributed by atoms with Crippen LogP contribution in [0.25, 0.3) is 4.85 Å². The molecule has 25 heavy (non-hydrogen) atoms. The number of thiocarbonyl (C=S) groups is 1. The second kappa shape index (κ2) is 7.27. The summed E-state index contributed by atoms with van der Waals surface area (Å²) in [6.45, 7) is 7.13. The molecule has 0 spiro atoms. The molecule has 1 aromatic rings. The standard InChI is InChI=1S/C16H16F3N3O2S/c1-20-12-5-4-10-6-8-22(14(23)16(17,18)19)9-7-11(10)13(12)24-15(25)21(2)3/h4-5H,6-9H2,2-3H3. The van der Waals surface area contributed by atoms with Crippen LogP contribution in [0.3, 0.4) is 0 Å². The van der Waals surface area contributed by atoms with Gasteiger partial charge in [0.15, 0.2) is 0 Å². The van der Waals surface area contributed by atoms with Crippen LogP contribution in [0.15, 0.2) is 12.1 Å². The lowest BCUT2D eigenvalue weighted by molar-refractivity contribution is -0.185. The second-order valence-electron chi connectivity index (χ2n) is 5.72. The molecule has 5 nitrogen and oxygen atoms in total. The first-order valence-electron chi connectivity index (χ1n) is 7.42. The van der Waals surface area contributed by atoms with Crippen molar-refractivity contribution < 1.29 is 22.7 Å². The molecule has 0 saturated carbocycles. The Hall–Kier alpha value is -2.34. The molecule has 0 unspecified atom stereocenters. The molecule has 0 radical (unpaired) electrons. The molecule has 0 atom stereocenters. The number of hydrogen-bond acceptors (Lipinski definition) is 3. The molecule has 1 aromatic carbocycles. The Morgan fingerprint density at radius 1 is 1.32 bits per heavy atom. The summed E-state index contributed by atoms with van der Waals surface area (Å²) in [5.74, 6) is -1.59. The highest BCUT2D eigenvalue weighted by atomic mass is 32.1. The molecule has 134 valence electrons. The van der Waals surface area contributed by atoms with Crippen molar-refractivity contribution in [1.82, 2.24) is 9.80 Å². The van der Waals surface area contributed by atoms with Gasteiger partial charge in [0.25, 0.3) is 5.17 Å². The predicted octanol–water partition coefficient (Wildman–Crippen LogP) is 2.95. The van der Waals surface area contributed by atoms with Crippen LogP contribution in [-0.2, 0) is 17.6 Å². The highest BCUT2D eigenvalue weighted by Crippen LogP contribution is 2.36. The highest BCUT2D eigenvalue weighted by molar-refractivity contribution is 7.80. The first-order valence-corrected chi connectivity index (χ1v) is 7.83. The van der Waals surface area contributed by atoms with Crippen LogP contribution in [0.4, 0.5) is 18.9 Å². The van der Waals surface area contributed by atoms with E-state index in [2.05, 4.69) is 4.85 Å². The van der Waals surface area contributed by atoms with E-state index in [-0.39, 0.29) is 42.5 Å². The number of amides is 1. The molecule has 9 heteroatoms. The Kier molecular flexibility index (Phi) is 5.52. The molecule has 0 aliphatic carbocycles. The number of hydrogen-bond donors (Lipinski definition) is 0. The molecular weight excluding hydrogens is 355 g/mol. The minimum Gasteiger partial charge on any atom is -0.443 e. The van der Waals surface area contributed by atoms with E-state index in [4.69, 9.17) is 23.5 Å². The van der Waals surface area contributed by atoms with Crippen LogP contribution >= 0.6 is 12.2 Å². The zero-order chi connectivity index (χ0) is 18.8. The molecule has 0 bridgehead atoms. The van der Waals surface area contributed by atoms with Crippen molar-refractivity contribution in [2.24, 2.45) is 0 Å². The lowest BCUT2D eigenvalue weighted by Gasteiger charge is -2.21. The fourth-order valence-corrected chi connectivity index (χ4v) is 2.62. The number of fused-ring (bicyclic) bond motifs is 1. The SMILES string of the molecule is [C-]#[N+]c1ccc2c(c1OC(=S)N(C)C)CCN(C(=O)C(F)(F)F)CC2. The van der Waals surface area contributed by atoms with Gasteiger partial charge >= 0.3 is 12.1 Å². The molecule has 0 fully saturated rings. The molecule has 1 amide bonds. The Morgan fingerprint density at radius 3 is 2.52 bits per heavy atom. The number of alkyl halides is 3. The summed E-state index contributed by atoms with van der Waals surface area (Å²) in [6.07, 6.45) is -4.49. The summed E-state index contributed by atoms with van der Waals surface area (Å²) < 4.78 is 43.7. The van der Waals surface area contributed by atoms with E-state index in [1.54, 1.807) is 31.1 Å². The van der Waals surface area contributed by atoms with Crippen molar-refractivity contribution >= 4 is 29.0 Å². The Morgan fingerprint density at radius 2 is 1.96 bits per heavy atom. The number of ether oxygens (including phenoxy) is 1. The van der Waals surface area contributed by atoms with Crippen LogP contribution in [0.1, 0.15) is 11.1 Å². The van der Waals surface area contributed by atoms with Gasteiger partial charge in [-0.2, -0.15) is 13.2 Å². The van der Waals surface area contributed by atoms with Crippen molar-refractivity contribution in [3.8, 4) is 5.75 Å². The van der Waals surface area contributed by atoms with Crippen LogP contribution in [0, 0.1) is 6.57 Å². The maximum Gasteiger partial charge on any atom is 0.471 e. The summed E-state index contributed by atoms with van der Waals surface area (Å²) in [5.41, 5.74) is 1.61. The number of rotatable bonds is 1. The van der Waals surface area contributed by atoms with Crippen molar-refractivity contribution in [3.05, 3.63) is 34.7 Å². The first kappa shape index (κ1) is 19.0. The fourth-order valence-electron chi connectivity index (χ4n) is 2.54. The summed E-state index contributed by atoms with van der Waals surface area (Å²) >= 11 is 5.11. The Labute approximate surface area is 148 Å². The molecule has 1 aliphatic rings. The first-order chi connectivity index (χ1) is 11.6. The van der Waals surface area contributed by atoms with Gasteiger partial charge in [0.1, 0.15) is 5.75 Å². The third-order valence-corrected chi connectivity index (χ3v) is 4.27. The summed E-state index contributed by atoms with van der Waals surface area (Å²) in [7, 11) is 3.37. The monoisotopic (exact) mass is 371 g/mol. The van der Waals surface area contributed by atoms with Gasteiger partial charge in [0, 0.05) is 27.2 Å². The molecule has 1 aliphatic heterocycles. The summed E-state index contributed by atoms with van der Waals surface area (Å²) in [6, 6.07) is 3.25. The van der Waals surface area contributed by atoms with E-state index >= 15 is 0 Å². The van der Waals surface area contributed by atoms with Crippen LogP contribution in [-0.4, -0.2) is 54.2 Å². The van der Waals surface area contributed by atoms with Gasteiger partial charge in [0.2, 0.25) is 5.69 Å². The van der Waals surface area contributed by atoms with E-state index in [0.717, 1.165) is 10.5 Å². The molecule has 1 heterocycles. The minimum atomic E-state index is -4.90. The average Bonchev–Trinajstić information content (AvgIpc) is 2.76. The fraction of sp³-hybridized carbons (Fsp3) is 0.438. The van der Waals surface area contributed by atoms with Gasteiger partial charge in [-0.05, 0) is 36.2 Å². The number of nitrogens with zero attached hydrogens (tertiary/aromatic N) is 3.